The Kier molecular flexibility index (Phi) is 4.42. The lowest BCUT2D eigenvalue weighted by atomic mass is 10.1. The lowest BCUT2D eigenvalue weighted by Gasteiger charge is -2.37. The number of aromatic nitrogens is 2. The molecule has 102 valence electrons. The molecule has 1 atom stereocenters. The smallest absolute Gasteiger partial charge is 0.129 e. The van der Waals surface area contributed by atoms with Crippen LogP contribution in [0.4, 0.5) is 0 Å². The first kappa shape index (κ1) is 14.0. The number of aryl methyl sites for hydroxylation is 1. The predicted octanol–water partition coefficient (Wildman–Crippen LogP) is 0.738. The number of nitrogens with two attached hydrogens (primary N) is 1. The number of likely N-dealkylation sites (N-methyl/N-ethyl adjacent to an activating group) is 1. The van der Waals surface area contributed by atoms with Crippen molar-refractivity contribution in [2.24, 2.45) is 12.8 Å². The molecule has 1 saturated heterocycles. The van der Waals surface area contributed by atoms with Crippen molar-refractivity contribution >= 4 is 15.9 Å². The van der Waals surface area contributed by atoms with Crippen LogP contribution < -0.4 is 5.73 Å². The highest BCUT2D eigenvalue weighted by atomic mass is 79.9. The highest BCUT2D eigenvalue weighted by Crippen LogP contribution is 2.28. The van der Waals surface area contributed by atoms with E-state index in [9.17, 15) is 0 Å². The van der Waals surface area contributed by atoms with E-state index in [4.69, 9.17) is 5.73 Å². The van der Waals surface area contributed by atoms with Crippen LogP contribution in [-0.2, 0) is 7.05 Å². The molecule has 1 aromatic rings. The van der Waals surface area contributed by atoms with Gasteiger partial charge in [0.15, 0.2) is 0 Å². The van der Waals surface area contributed by atoms with E-state index in [1.54, 1.807) is 0 Å². The highest BCUT2D eigenvalue weighted by Gasteiger charge is 2.27. The molecule has 2 rings (SSSR count). The third kappa shape index (κ3) is 2.61. The van der Waals surface area contributed by atoms with Gasteiger partial charge in [-0.2, -0.15) is 0 Å². The summed E-state index contributed by atoms with van der Waals surface area (Å²) in [6, 6.07) is 0.249. The van der Waals surface area contributed by atoms with Crippen LogP contribution in [0.25, 0.3) is 0 Å². The first-order valence-corrected chi connectivity index (χ1v) is 7.15. The largest absolute Gasteiger partial charge is 0.333 e. The molecular weight excluding hydrogens is 294 g/mol. The molecule has 2 heterocycles. The summed E-state index contributed by atoms with van der Waals surface area (Å²) >= 11 is 3.56. The number of nitrogens with zero attached hydrogens (tertiary/aromatic N) is 4. The number of rotatable bonds is 3. The Morgan fingerprint density at radius 3 is 2.33 bits per heavy atom. The van der Waals surface area contributed by atoms with Crippen LogP contribution in [0.1, 0.15) is 17.6 Å². The van der Waals surface area contributed by atoms with Gasteiger partial charge < -0.3 is 15.2 Å². The second-order valence-corrected chi connectivity index (χ2v) is 5.74. The van der Waals surface area contributed by atoms with E-state index in [1.807, 2.05) is 6.92 Å². The fraction of sp³-hybridized carbons (Fsp3) is 0.750. The number of imidazole rings is 1. The van der Waals surface area contributed by atoms with Crippen LogP contribution in [0.15, 0.2) is 4.60 Å². The Bertz CT molecular complexity index is 409. The Balaban J connectivity index is 2.22. The summed E-state index contributed by atoms with van der Waals surface area (Å²) in [5.41, 5.74) is 7.19. The van der Waals surface area contributed by atoms with Gasteiger partial charge in [-0.15, -0.1) is 0 Å². The van der Waals surface area contributed by atoms with Crippen molar-refractivity contribution in [3.05, 3.63) is 16.1 Å². The summed E-state index contributed by atoms with van der Waals surface area (Å²) in [6.45, 7) is 6.98. The normalized spacial score (nSPS) is 20.3. The third-order valence-electron chi connectivity index (χ3n) is 3.84. The molecule has 1 aromatic heterocycles. The van der Waals surface area contributed by atoms with Gasteiger partial charge in [0.2, 0.25) is 0 Å². The quantitative estimate of drug-likeness (QED) is 0.894. The predicted molar refractivity (Wildman–Crippen MR) is 76.5 cm³/mol. The van der Waals surface area contributed by atoms with Gasteiger partial charge >= 0.3 is 0 Å². The first-order valence-electron chi connectivity index (χ1n) is 6.36. The maximum atomic E-state index is 6.00. The zero-order valence-corrected chi connectivity index (χ0v) is 12.9. The van der Waals surface area contributed by atoms with E-state index >= 15 is 0 Å². The molecule has 0 spiro atoms. The van der Waals surface area contributed by atoms with Crippen LogP contribution in [0, 0.1) is 6.92 Å². The van der Waals surface area contributed by atoms with E-state index in [2.05, 4.69) is 49.4 Å². The standard InChI is InChI=1S/C12H22BrN5/c1-9-15-12(13)11(17(9)3)10(8-14)18-6-4-16(2)5-7-18/h10H,4-8,14H2,1-3H3. The molecule has 0 amide bonds. The molecule has 5 nitrogen and oxygen atoms in total. The van der Waals surface area contributed by atoms with Crippen molar-refractivity contribution in [1.82, 2.24) is 19.4 Å². The zero-order valence-electron chi connectivity index (χ0n) is 11.4. The summed E-state index contributed by atoms with van der Waals surface area (Å²) in [5, 5.41) is 0. The number of halogens is 1. The van der Waals surface area contributed by atoms with Crippen molar-refractivity contribution in [3.8, 4) is 0 Å². The molecule has 1 aliphatic heterocycles. The average molecular weight is 316 g/mol. The maximum Gasteiger partial charge on any atom is 0.129 e. The van der Waals surface area contributed by atoms with E-state index in [0.717, 1.165) is 36.6 Å². The van der Waals surface area contributed by atoms with Crippen LogP contribution in [-0.4, -0.2) is 59.1 Å². The summed E-state index contributed by atoms with van der Waals surface area (Å²) < 4.78 is 3.07. The Morgan fingerprint density at radius 1 is 1.28 bits per heavy atom. The monoisotopic (exact) mass is 315 g/mol. The Hall–Kier alpha value is -0.430. The molecule has 1 unspecified atom stereocenters. The summed E-state index contributed by atoms with van der Waals surface area (Å²) in [7, 11) is 4.22. The number of hydrogen-bond acceptors (Lipinski definition) is 4. The third-order valence-corrected chi connectivity index (χ3v) is 4.42. The van der Waals surface area contributed by atoms with Crippen molar-refractivity contribution in [2.45, 2.75) is 13.0 Å². The van der Waals surface area contributed by atoms with E-state index in [1.165, 1.54) is 5.69 Å². The highest BCUT2D eigenvalue weighted by molar-refractivity contribution is 9.10. The molecule has 0 saturated carbocycles. The Morgan fingerprint density at radius 2 is 1.89 bits per heavy atom. The molecular formula is C12H22BrN5. The number of hydrogen-bond donors (Lipinski definition) is 1. The van der Waals surface area contributed by atoms with Crippen LogP contribution in [0.3, 0.4) is 0 Å². The Labute approximate surface area is 117 Å². The zero-order chi connectivity index (χ0) is 13.3. The van der Waals surface area contributed by atoms with Gasteiger partial charge in [0.25, 0.3) is 0 Å². The van der Waals surface area contributed by atoms with Gasteiger partial charge in [0.1, 0.15) is 10.4 Å². The van der Waals surface area contributed by atoms with Gasteiger partial charge in [0, 0.05) is 39.8 Å². The molecule has 0 aliphatic carbocycles. The second-order valence-electron chi connectivity index (χ2n) is 4.98. The molecule has 2 N–H and O–H groups in total. The minimum atomic E-state index is 0.249. The molecule has 6 heteroatoms. The van der Waals surface area contributed by atoms with Crippen molar-refractivity contribution in [3.63, 3.8) is 0 Å². The SMILES string of the molecule is Cc1nc(Br)c(C(CN)N2CCN(C)CC2)n1C. The van der Waals surface area contributed by atoms with Gasteiger partial charge in [-0.1, -0.05) is 0 Å². The van der Waals surface area contributed by atoms with Crippen LogP contribution >= 0.6 is 15.9 Å². The lowest BCUT2D eigenvalue weighted by molar-refractivity contribution is 0.111. The van der Waals surface area contributed by atoms with Gasteiger partial charge in [-0.25, -0.2) is 4.98 Å². The molecule has 0 bridgehead atoms. The molecule has 1 fully saturated rings. The van der Waals surface area contributed by atoms with Crippen molar-refractivity contribution in [2.75, 3.05) is 39.8 Å². The number of piperazine rings is 1. The minimum absolute atomic E-state index is 0.249. The molecule has 1 aliphatic rings. The van der Waals surface area contributed by atoms with Gasteiger partial charge in [-0.05, 0) is 29.9 Å². The van der Waals surface area contributed by atoms with E-state index in [0.29, 0.717) is 6.54 Å². The van der Waals surface area contributed by atoms with Crippen LogP contribution in [0.5, 0.6) is 0 Å². The maximum absolute atomic E-state index is 6.00. The fourth-order valence-electron chi connectivity index (χ4n) is 2.52. The second kappa shape index (κ2) is 5.69. The molecule has 0 aromatic carbocycles. The lowest BCUT2D eigenvalue weighted by Crippen LogP contribution is -2.48. The summed E-state index contributed by atoms with van der Waals surface area (Å²) in [5.74, 6) is 1.02. The van der Waals surface area contributed by atoms with E-state index in [-0.39, 0.29) is 6.04 Å². The van der Waals surface area contributed by atoms with Gasteiger partial charge in [-0.3, -0.25) is 4.90 Å². The van der Waals surface area contributed by atoms with Crippen molar-refractivity contribution < 1.29 is 0 Å². The average Bonchev–Trinajstić information content (AvgIpc) is 2.59. The minimum Gasteiger partial charge on any atom is -0.333 e. The topological polar surface area (TPSA) is 50.3 Å². The first-order chi connectivity index (χ1) is 8.54. The van der Waals surface area contributed by atoms with E-state index < -0.39 is 0 Å². The molecule has 18 heavy (non-hydrogen) atoms. The fourth-order valence-corrected chi connectivity index (χ4v) is 3.30. The van der Waals surface area contributed by atoms with Crippen LogP contribution in [0.2, 0.25) is 0 Å². The van der Waals surface area contributed by atoms with Crippen molar-refractivity contribution in [1.29, 1.82) is 0 Å². The molecule has 0 radical (unpaired) electrons. The summed E-state index contributed by atoms with van der Waals surface area (Å²) in [6.07, 6.45) is 0. The summed E-state index contributed by atoms with van der Waals surface area (Å²) in [4.78, 5) is 9.29. The van der Waals surface area contributed by atoms with Gasteiger partial charge in [0.05, 0.1) is 11.7 Å².